The number of hydrogen-bond donors (Lipinski definition) is 1. The van der Waals surface area contributed by atoms with Gasteiger partial charge >= 0.3 is 0 Å². The average Bonchev–Trinajstić information content (AvgIpc) is 3.43. The number of fused-ring (bicyclic) bond motifs is 1. The molecule has 27 heavy (non-hydrogen) atoms. The molecule has 0 bridgehead atoms. The zero-order chi connectivity index (χ0) is 18.1. The zero-order valence-corrected chi connectivity index (χ0v) is 15.8. The van der Waals surface area contributed by atoms with Crippen molar-refractivity contribution in [2.75, 3.05) is 25.2 Å². The maximum Gasteiger partial charge on any atom is 0.231 e. The van der Waals surface area contributed by atoms with Crippen molar-refractivity contribution in [2.24, 2.45) is 0 Å². The van der Waals surface area contributed by atoms with Crippen molar-refractivity contribution in [3.8, 4) is 16.6 Å². The van der Waals surface area contributed by atoms with Gasteiger partial charge in [-0.05, 0) is 43.7 Å². The first kappa shape index (κ1) is 16.6. The molecule has 6 nitrogen and oxygen atoms in total. The van der Waals surface area contributed by atoms with Crippen LogP contribution in [0.2, 0.25) is 0 Å². The van der Waals surface area contributed by atoms with E-state index >= 15 is 0 Å². The number of aromatic nitrogens is 2. The number of nitrogens with zero attached hydrogens (tertiary/aromatic N) is 3. The van der Waals surface area contributed by atoms with Crippen LogP contribution in [0.25, 0.3) is 5.13 Å². The molecule has 2 aliphatic rings. The van der Waals surface area contributed by atoms with Crippen molar-refractivity contribution in [1.29, 1.82) is 0 Å². The number of ether oxygens (including phenoxy) is 2. The van der Waals surface area contributed by atoms with Crippen LogP contribution in [0, 0.1) is 0 Å². The van der Waals surface area contributed by atoms with Crippen LogP contribution in [0.4, 0.5) is 5.69 Å². The van der Waals surface area contributed by atoms with Crippen LogP contribution >= 0.6 is 11.3 Å². The van der Waals surface area contributed by atoms with Gasteiger partial charge in [0.15, 0.2) is 16.6 Å². The van der Waals surface area contributed by atoms with Gasteiger partial charge in [-0.2, -0.15) is 0 Å². The first-order valence-corrected chi connectivity index (χ1v) is 10.2. The van der Waals surface area contributed by atoms with E-state index in [4.69, 9.17) is 9.47 Å². The lowest BCUT2D eigenvalue weighted by Gasteiger charge is -2.33. The van der Waals surface area contributed by atoms with E-state index in [2.05, 4.69) is 44.2 Å². The molecule has 7 heteroatoms. The van der Waals surface area contributed by atoms with Crippen molar-refractivity contribution in [2.45, 2.75) is 25.4 Å². The van der Waals surface area contributed by atoms with E-state index < -0.39 is 0 Å². The van der Waals surface area contributed by atoms with Gasteiger partial charge in [-0.25, -0.2) is 4.98 Å². The summed E-state index contributed by atoms with van der Waals surface area (Å²) >= 11 is 1.67. The fourth-order valence-electron chi connectivity index (χ4n) is 3.83. The maximum absolute atomic E-state index is 5.49. The van der Waals surface area contributed by atoms with E-state index in [0.717, 1.165) is 42.0 Å². The Morgan fingerprint density at radius 2 is 2.19 bits per heavy atom. The summed E-state index contributed by atoms with van der Waals surface area (Å²) in [4.78, 5) is 6.96. The third kappa shape index (κ3) is 3.52. The molecule has 0 radical (unpaired) electrons. The van der Waals surface area contributed by atoms with Crippen LogP contribution in [-0.2, 0) is 6.54 Å². The minimum absolute atomic E-state index is 0.314. The summed E-state index contributed by atoms with van der Waals surface area (Å²) < 4.78 is 13.1. The lowest BCUT2D eigenvalue weighted by molar-refractivity contribution is 0.174. The summed E-state index contributed by atoms with van der Waals surface area (Å²) in [5.74, 6) is 1.66. The summed E-state index contributed by atoms with van der Waals surface area (Å²) in [7, 11) is 0. The Labute approximate surface area is 162 Å². The van der Waals surface area contributed by atoms with Gasteiger partial charge in [0, 0.05) is 54.4 Å². The molecule has 0 saturated carbocycles. The molecule has 1 saturated heterocycles. The summed E-state index contributed by atoms with van der Waals surface area (Å²) in [6.45, 7) is 3.40. The second-order valence-corrected chi connectivity index (χ2v) is 7.84. The van der Waals surface area contributed by atoms with E-state index in [0.29, 0.717) is 12.8 Å². The number of hydrogen-bond acceptors (Lipinski definition) is 6. The standard InChI is InChI=1S/C20H22N4O2S/c1-3-16(22-15-5-6-18-19(11-15)26-14-25-18)12-23(8-1)13-17-4-2-9-24(17)20-21-7-10-27-20/h2,4-7,9-11,16,22H,1,3,8,12-14H2. The van der Waals surface area contributed by atoms with E-state index in [1.54, 1.807) is 11.3 Å². The van der Waals surface area contributed by atoms with E-state index in [1.165, 1.54) is 18.5 Å². The van der Waals surface area contributed by atoms with Gasteiger partial charge in [0.05, 0.1) is 0 Å². The molecule has 1 fully saturated rings. The van der Waals surface area contributed by atoms with Crippen LogP contribution in [-0.4, -0.2) is 40.4 Å². The molecule has 1 N–H and O–H groups in total. The van der Waals surface area contributed by atoms with Crippen LogP contribution in [0.1, 0.15) is 18.5 Å². The molecule has 2 aliphatic heterocycles. The fraction of sp³-hybridized carbons (Fsp3) is 0.350. The van der Waals surface area contributed by atoms with Gasteiger partial charge in [0.2, 0.25) is 6.79 Å². The molecular formula is C20H22N4O2S. The summed E-state index contributed by atoms with van der Waals surface area (Å²) in [5.41, 5.74) is 2.38. The summed E-state index contributed by atoms with van der Waals surface area (Å²) in [6, 6.07) is 10.8. The molecule has 1 atom stereocenters. The smallest absolute Gasteiger partial charge is 0.231 e. The molecule has 4 heterocycles. The van der Waals surface area contributed by atoms with Crippen molar-refractivity contribution in [3.05, 3.63) is 53.8 Å². The number of benzene rings is 1. The van der Waals surface area contributed by atoms with Gasteiger partial charge in [-0.3, -0.25) is 9.47 Å². The first-order valence-electron chi connectivity index (χ1n) is 9.30. The Kier molecular flexibility index (Phi) is 4.47. The molecule has 140 valence electrons. The number of likely N-dealkylation sites (tertiary alicyclic amines) is 1. The Morgan fingerprint density at radius 3 is 3.11 bits per heavy atom. The Hall–Kier alpha value is -2.51. The molecule has 3 aromatic rings. The van der Waals surface area contributed by atoms with Crippen molar-refractivity contribution in [1.82, 2.24) is 14.5 Å². The summed E-state index contributed by atoms with van der Waals surface area (Å²) in [5, 5.41) is 6.72. The third-order valence-electron chi connectivity index (χ3n) is 5.09. The van der Waals surface area contributed by atoms with Crippen LogP contribution in [0.3, 0.4) is 0 Å². The van der Waals surface area contributed by atoms with Crippen LogP contribution in [0.15, 0.2) is 48.1 Å². The largest absolute Gasteiger partial charge is 0.454 e. The highest BCUT2D eigenvalue weighted by molar-refractivity contribution is 7.12. The normalized spacial score (nSPS) is 19.3. The quantitative estimate of drug-likeness (QED) is 0.729. The second kappa shape index (κ2) is 7.25. The lowest BCUT2D eigenvalue weighted by atomic mass is 10.0. The first-order chi connectivity index (χ1) is 13.3. The Morgan fingerprint density at radius 1 is 1.22 bits per heavy atom. The third-order valence-corrected chi connectivity index (χ3v) is 5.86. The lowest BCUT2D eigenvalue weighted by Crippen LogP contribution is -2.41. The maximum atomic E-state index is 5.49. The molecular weight excluding hydrogens is 360 g/mol. The van der Waals surface area contributed by atoms with E-state index in [-0.39, 0.29) is 0 Å². The van der Waals surface area contributed by atoms with Crippen LogP contribution < -0.4 is 14.8 Å². The number of rotatable bonds is 5. The van der Waals surface area contributed by atoms with Crippen molar-refractivity contribution < 1.29 is 9.47 Å². The Bertz CT molecular complexity index is 909. The van der Waals surface area contributed by atoms with Gasteiger partial charge < -0.3 is 14.8 Å². The van der Waals surface area contributed by atoms with Gasteiger partial charge in [0.1, 0.15) is 0 Å². The number of thiazole rings is 1. The molecule has 0 aliphatic carbocycles. The zero-order valence-electron chi connectivity index (χ0n) is 15.0. The average molecular weight is 382 g/mol. The fourth-order valence-corrected chi connectivity index (χ4v) is 4.49. The predicted molar refractivity (Wildman–Crippen MR) is 106 cm³/mol. The van der Waals surface area contributed by atoms with E-state index in [1.807, 2.05) is 23.7 Å². The van der Waals surface area contributed by atoms with Gasteiger partial charge in [-0.1, -0.05) is 0 Å². The number of anilines is 1. The highest BCUT2D eigenvalue weighted by Gasteiger charge is 2.22. The van der Waals surface area contributed by atoms with Gasteiger partial charge in [-0.15, -0.1) is 11.3 Å². The SMILES string of the molecule is c1cc(CN2CCCC(Nc3ccc4c(c3)OCO4)C2)n(-c2nccs2)c1. The molecule has 5 rings (SSSR count). The monoisotopic (exact) mass is 382 g/mol. The predicted octanol–water partition coefficient (Wildman–Crippen LogP) is 3.74. The number of nitrogens with one attached hydrogen (secondary N) is 1. The highest BCUT2D eigenvalue weighted by atomic mass is 32.1. The molecule has 1 unspecified atom stereocenters. The molecule has 2 aromatic heterocycles. The topological polar surface area (TPSA) is 51.6 Å². The van der Waals surface area contributed by atoms with Gasteiger partial charge in [0.25, 0.3) is 0 Å². The van der Waals surface area contributed by atoms with E-state index in [9.17, 15) is 0 Å². The molecule has 0 amide bonds. The molecule has 1 aromatic carbocycles. The van der Waals surface area contributed by atoms with Crippen molar-refractivity contribution in [3.63, 3.8) is 0 Å². The summed E-state index contributed by atoms with van der Waals surface area (Å²) in [6.07, 6.45) is 6.33. The van der Waals surface area contributed by atoms with Crippen LogP contribution in [0.5, 0.6) is 11.5 Å². The highest BCUT2D eigenvalue weighted by Crippen LogP contribution is 2.34. The number of piperidine rings is 1. The Balaban J connectivity index is 1.25. The molecule has 0 spiro atoms. The second-order valence-electron chi connectivity index (χ2n) is 6.97. The minimum Gasteiger partial charge on any atom is -0.454 e. The van der Waals surface area contributed by atoms with Crippen molar-refractivity contribution >= 4 is 17.0 Å². The minimum atomic E-state index is 0.314.